The van der Waals surface area contributed by atoms with Crippen molar-refractivity contribution in [2.45, 2.75) is 38.1 Å². The number of carbonyl (C=O) groups is 1. The zero-order valence-corrected chi connectivity index (χ0v) is 15.6. The van der Waals surface area contributed by atoms with Crippen molar-refractivity contribution in [2.24, 2.45) is 5.92 Å². The first-order valence-corrected chi connectivity index (χ1v) is 9.89. The molecule has 3 heterocycles. The minimum absolute atomic E-state index is 0.112. The third-order valence-electron chi connectivity index (χ3n) is 5.65. The second kappa shape index (κ2) is 6.89. The van der Waals surface area contributed by atoms with E-state index in [0.717, 1.165) is 25.1 Å². The van der Waals surface area contributed by atoms with Gasteiger partial charge in [-0.1, -0.05) is 17.3 Å². The molecule has 144 valence electrons. The second-order valence-electron chi connectivity index (χ2n) is 7.87. The number of piperidine rings is 1. The second-order valence-corrected chi connectivity index (χ2v) is 7.87. The monoisotopic (exact) mass is 378 g/mol. The number of aromatic nitrogens is 3. The zero-order chi connectivity index (χ0) is 19.1. The molecule has 1 aliphatic carbocycles. The van der Waals surface area contributed by atoms with E-state index in [1.54, 1.807) is 29.2 Å². The van der Waals surface area contributed by atoms with Crippen LogP contribution in [0, 0.1) is 5.92 Å². The zero-order valence-electron chi connectivity index (χ0n) is 15.6. The number of rotatable bonds is 4. The Kier molecular flexibility index (Phi) is 4.22. The van der Waals surface area contributed by atoms with Crippen LogP contribution in [0.15, 0.2) is 45.7 Å². The maximum absolute atomic E-state index is 13.0. The Labute approximate surface area is 161 Å². The van der Waals surface area contributed by atoms with Crippen LogP contribution >= 0.6 is 0 Å². The minimum Gasteiger partial charge on any atom is -0.451 e. The van der Waals surface area contributed by atoms with Crippen molar-refractivity contribution in [3.63, 3.8) is 0 Å². The molecular formula is C21H22N4O3. The lowest BCUT2D eigenvalue weighted by atomic mass is 9.98. The lowest BCUT2D eigenvalue weighted by Crippen LogP contribution is -2.41. The quantitative estimate of drug-likeness (QED) is 0.697. The normalized spacial score (nSPS) is 19.9. The molecule has 0 N–H and O–H groups in total. The summed E-state index contributed by atoms with van der Waals surface area (Å²) in [6, 6.07) is 8.32. The Bertz CT molecular complexity index is 1080. The van der Waals surface area contributed by atoms with E-state index >= 15 is 0 Å². The van der Waals surface area contributed by atoms with Gasteiger partial charge in [-0.15, -0.1) is 5.10 Å². The average molecular weight is 378 g/mol. The molecule has 28 heavy (non-hydrogen) atoms. The van der Waals surface area contributed by atoms with Gasteiger partial charge in [0.15, 0.2) is 11.2 Å². The first-order chi connectivity index (χ1) is 13.7. The lowest BCUT2D eigenvalue weighted by molar-refractivity contribution is 0.0628. The highest BCUT2D eigenvalue weighted by atomic mass is 16.3. The van der Waals surface area contributed by atoms with Crippen LogP contribution in [0.3, 0.4) is 0 Å². The summed E-state index contributed by atoms with van der Waals surface area (Å²) in [5, 5.41) is 9.01. The molecule has 1 aromatic carbocycles. The van der Waals surface area contributed by atoms with Gasteiger partial charge in [0.1, 0.15) is 5.58 Å². The molecule has 2 fully saturated rings. The van der Waals surface area contributed by atoms with Gasteiger partial charge in [-0.05, 0) is 43.7 Å². The number of amides is 1. The van der Waals surface area contributed by atoms with Gasteiger partial charge < -0.3 is 9.32 Å². The lowest BCUT2D eigenvalue weighted by Gasteiger charge is -2.32. The van der Waals surface area contributed by atoms with Gasteiger partial charge in [0, 0.05) is 37.8 Å². The molecule has 0 spiro atoms. The summed E-state index contributed by atoms with van der Waals surface area (Å²) < 4.78 is 7.63. The smallest absolute Gasteiger partial charge is 0.289 e. The minimum atomic E-state index is -0.218. The highest BCUT2D eigenvalue weighted by Gasteiger charge is 2.29. The molecule has 1 atom stereocenters. The maximum Gasteiger partial charge on any atom is 0.289 e. The molecule has 2 aromatic heterocycles. The molecule has 0 unspecified atom stereocenters. The van der Waals surface area contributed by atoms with E-state index in [9.17, 15) is 9.59 Å². The molecule has 0 bridgehead atoms. The van der Waals surface area contributed by atoms with Crippen molar-refractivity contribution in [1.29, 1.82) is 0 Å². The van der Waals surface area contributed by atoms with E-state index in [-0.39, 0.29) is 17.1 Å². The van der Waals surface area contributed by atoms with E-state index in [4.69, 9.17) is 4.42 Å². The number of likely N-dealkylation sites (tertiary alicyclic amines) is 1. The van der Waals surface area contributed by atoms with Crippen LogP contribution in [0.1, 0.15) is 47.8 Å². The summed E-state index contributed by atoms with van der Waals surface area (Å²) in [6.07, 6.45) is 6.44. The molecular weight excluding hydrogens is 356 g/mol. The summed E-state index contributed by atoms with van der Waals surface area (Å²) in [5.74, 6) is 0.804. The Hall–Kier alpha value is -2.96. The van der Waals surface area contributed by atoms with Crippen molar-refractivity contribution in [3.8, 4) is 0 Å². The highest BCUT2D eigenvalue weighted by Crippen LogP contribution is 2.38. The fourth-order valence-corrected chi connectivity index (χ4v) is 4.00. The summed E-state index contributed by atoms with van der Waals surface area (Å²) in [7, 11) is 0. The van der Waals surface area contributed by atoms with Gasteiger partial charge in [0.05, 0.1) is 11.1 Å². The van der Waals surface area contributed by atoms with Crippen LogP contribution in [0.2, 0.25) is 0 Å². The van der Waals surface area contributed by atoms with Crippen molar-refractivity contribution in [3.05, 3.63) is 58.2 Å². The largest absolute Gasteiger partial charge is 0.451 e. The van der Waals surface area contributed by atoms with Crippen LogP contribution < -0.4 is 5.43 Å². The van der Waals surface area contributed by atoms with Crippen molar-refractivity contribution in [2.75, 3.05) is 13.1 Å². The fourth-order valence-electron chi connectivity index (χ4n) is 4.00. The number of nitrogens with zero attached hydrogens (tertiary/aromatic N) is 4. The molecule has 3 aromatic rings. The predicted molar refractivity (Wildman–Crippen MR) is 103 cm³/mol. The summed E-state index contributed by atoms with van der Waals surface area (Å²) in [6.45, 7) is 2.07. The van der Waals surface area contributed by atoms with Gasteiger partial charge in [0.25, 0.3) is 5.91 Å². The third-order valence-corrected chi connectivity index (χ3v) is 5.65. The van der Waals surface area contributed by atoms with Crippen LogP contribution in [-0.4, -0.2) is 38.9 Å². The van der Waals surface area contributed by atoms with Crippen molar-refractivity contribution < 1.29 is 9.21 Å². The van der Waals surface area contributed by atoms with Crippen LogP contribution in [0.25, 0.3) is 11.0 Å². The number of benzene rings is 1. The third kappa shape index (κ3) is 3.32. The SMILES string of the molecule is O=C(c1cc(=O)c2ccccc2o1)N1CCC[C@H](Cn2cc(C3CC3)nn2)C1. The molecule has 5 rings (SSSR count). The summed E-state index contributed by atoms with van der Waals surface area (Å²) in [5.41, 5.74) is 1.35. The molecule has 7 nitrogen and oxygen atoms in total. The first kappa shape index (κ1) is 17.2. The number of carbonyl (C=O) groups excluding carboxylic acids is 1. The van der Waals surface area contributed by atoms with Crippen LogP contribution in [0.4, 0.5) is 0 Å². The molecule has 1 aliphatic heterocycles. The van der Waals surface area contributed by atoms with Crippen LogP contribution in [0.5, 0.6) is 0 Å². The summed E-state index contributed by atoms with van der Waals surface area (Å²) in [4.78, 5) is 27.1. The van der Waals surface area contributed by atoms with E-state index in [1.807, 2.05) is 10.9 Å². The predicted octanol–water partition coefficient (Wildman–Crippen LogP) is 2.81. The van der Waals surface area contributed by atoms with Gasteiger partial charge in [-0.25, -0.2) is 0 Å². The molecule has 1 saturated heterocycles. The Morgan fingerprint density at radius 1 is 1.21 bits per heavy atom. The van der Waals surface area contributed by atoms with Crippen molar-refractivity contribution in [1.82, 2.24) is 19.9 Å². The van der Waals surface area contributed by atoms with E-state index < -0.39 is 0 Å². The van der Waals surface area contributed by atoms with Gasteiger partial charge in [-0.3, -0.25) is 14.3 Å². The van der Waals surface area contributed by atoms with Gasteiger partial charge in [-0.2, -0.15) is 0 Å². The molecule has 1 saturated carbocycles. The number of hydrogen-bond donors (Lipinski definition) is 0. The average Bonchev–Trinajstić information content (AvgIpc) is 3.47. The Balaban J connectivity index is 1.31. The molecule has 7 heteroatoms. The van der Waals surface area contributed by atoms with E-state index in [0.29, 0.717) is 35.9 Å². The van der Waals surface area contributed by atoms with Gasteiger partial charge >= 0.3 is 0 Å². The molecule has 0 radical (unpaired) electrons. The summed E-state index contributed by atoms with van der Waals surface area (Å²) >= 11 is 0. The highest BCUT2D eigenvalue weighted by molar-refractivity contribution is 5.93. The maximum atomic E-state index is 13.0. The Morgan fingerprint density at radius 2 is 2.07 bits per heavy atom. The number of para-hydroxylation sites is 1. The first-order valence-electron chi connectivity index (χ1n) is 9.89. The fraction of sp³-hybridized carbons (Fsp3) is 0.429. The van der Waals surface area contributed by atoms with E-state index in [2.05, 4.69) is 10.3 Å². The number of hydrogen-bond acceptors (Lipinski definition) is 5. The van der Waals surface area contributed by atoms with Crippen LogP contribution in [-0.2, 0) is 6.54 Å². The van der Waals surface area contributed by atoms with Gasteiger partial charge in [0.2, 0.25) is 0 Å². The Morgan fingerprint density at radius 3 is 2.93 bits per heavy atom. The standard InChI is InChI=1S/C21H22N4O3/c26-18-10-20(28-19-6-2-1-5-16(18)19)21(27)24-9-3-4-14(11-24)12-25-13-17(22-23-25)15-7-8-15/h1-2,5-6,10,13-15H,3-4,7-9,11-12H2/t14-/m0/s1. The topological polar surface area (TPSA) is 81.2 Å². The molecule has 2 aliphatic rings. The molecule has 1 amide bonds. The van der Waals surface area contributed by atoms with Crippen molar-refractivity contribution >= 4 is 16.9 Å². The van der Waals surface area contributed by atoms with E-state index in [1.165, 1.54) is 18.9 Å². The number of fused-ring (bicyclic) bond motifs is 1.